The molecule has 2 N–H and O–H groups in total. The van der Waals surface area contributed by atoms with E-state index >= 15 is 0 Å². The van der Waals surface area contributed by atoms with E-state index in [0.29, 0.717) is 25.7 Å². The third-order valence-electron chi connectivity index (χ3n) is 4.46. The number of hydrogen-bond donors (Lipinski definition) is 2. The van der Waals surface area contributed by atoms with Gasteiger partial charge in [-0.1, -0.05) is 19.1 Å². The number of ether oxygens (including phenoxy) is 1. The maximum atomic E-state index is 12.3. The van der Waals surface area contributed by atoms with E-state index in [4.69, 9.17) is 4.74 Å². The zero-order chi connectivity index (χ0) is 21.2. The molecular formula is C21H42IN5O2. The number of halogens is 1. The maximum Gasteiger partial charge on any atom is 0.410 e. The minimum atomic E-state index is -0.479. The molecule has 7 nitrogen and oxygen atoms in total. The van der Waals surface area contributed by atoms with Crippen LogP contribution in [-0.4, -0.2) is 79.8 Å². The minimum Gasteiger partial charge on any atom is -0.444 e. The number of piperidine rings is 1. The van der Waals surface area contributed by atoms with Gasteiger partial charge in [-0.2, -0.15) is 0 Å². The molecule has 0 aromatic heterocycles. The first-order chi connectivity index (χ1) is 13.1. The molecule has 0 bridgehead atoms. The number of nitrogens with zero attached hydrogens (tertiary/aromatic N) is 3. The Balaban J connectivity index is 0.00000784. The topological polar surface area (TPSA) is 69.2 Å². The standard InChI is InChI=1S/C21H41N5O2.HI/c1-8-12-26(20(27)28-21(4,5)6)15-11-23-19(22-7)24-18-9-13-25(14-10-18)16-17(2)3;/h18H,2,8-16H2,1,3-7H3,(H2,22,23,24);1H. The van der Waals surface area contributed by atoms with Gasteiger partial charge < -0.3 is 20.3 Å². The molecule has 0 aromatic carbocycles. The fourth-order valence-corrected chi connectivity index (χ4v) is 3.21. The molecule has 170 valence electrons. The number of likely N-dealkylation sites (tertiary alicyclic amines) is 1. The van der Waals surface area contributed by atoms with E-state index in [1.807, 2.05) is 20.8 Å². The summed E-state index contributed by atoms with van der Waals surface area (Å²) < 4.78 is 5.50. The number of hydrogen-bond acceptors (Lipinski definition) is 4. The summed E-state index contributed by atoms with van der Waals surface area (Å²) in [5.41, 5.74) is 0.734. The summed E-state index contributed by atoms with van der Waals surface area (Å²) in [5, 5.41) is 6.84. The molecule has 0 atom stereocenters. The first-order valence-electron chi connectivity index (χ1n) is 10.5. The van der Waals surface area contributed by atoms with Gasteiger partial charge in [0, 0.05) is 52.4 Å². The Labute approximate surface area is 194 Å². The maximum absolute atomic E-state index is 12.3. The summed E-state index contributed by atoms with van der Waals surface area (Å²) in [5.74, 6) is 0.791. The molecule has 0 spiro atoms. The van der Waals surface area contributed by atoms with E-state index in [-0.39, 0.29) is 30.1 Å². The van der Waals surface area contributed by atoms with Crippen molar-refractivity contribution < 1.29 is 9.53 Å². The number of amides is 1. The van der Waals surface area contributed by atoms with Crippen molar-refractivity contribution in [1.29, 1.82) is 0 Å². The second-order valence-corrected chi connectivity index (χ2v) is 8.62. The number of rotatable bonds is 8. The molecule has 0 aromatic rings. The van der Waals surface area contributed by atoms with Crippen LogP contribution in [0.2, 0.25) is 0 Å². The number of aliphatic imine (C=N–C) groups is 1. The predicted octanol–water partition coefficient (Wildman–Crippen LogP) is 3.46. The summed E-state index contributed by atoms with van der Waals surface area (Å²) in [4.78, 5) is 20.9. The molecule has 1 aliphatic rings. The number of carbonyl (C=O) groups is 1. The van der Waals surface area contributed by atoms with Gasteiger partial charge in [0.15, 0.2) is 5.96 Å². The van der Waals surface area contributed by atoms with Gasteiger partial charge in [0.25, 0.3) is 0 Å². The number of guanidine groups is 1. The van der Waals surface area contributed by atoms with Crippen molar-refractivity contribution in [3.63, 3.8) is 0 Å². The second kappa shape index (κ2) is 14.1. The summed E-state index contributed by atoms with van der Waals surface area (Å²) in [6.07, 6.45) is 2.82. The van der Waals surface area contributed by atoms with Crippen molar-refractivity contribution in [1.82, 2.24) is 20.4 Å². The average molecular weight is 524 g/mol. The van der Waals surface area contributed by atoms with Crippen LogP contribution >= 0.6 is 24.0 Å². The lowest BCUT2D eigenvalue weighted by atomic mass is 10.0. The molecule has 1 fully saturated rings. The minimum absolute atomic E-state index is 0. The van der Waals surface area contributed by atoms with Crippen LogP contribution in [0.3, 0.4) is 0 Å². The second-order valence-electron chi connectivity index (χ2n) is 8.62. The molecule has 0 aliphatic carbocycles. The van der Waals surface area contributed by atoms with Crippen molar-refractivity contribution in [3.8, 4) is 0 Å². The summed E-state index contributed by atoms with van der Waals surface area (Å²) >= 11 is 0. The van der Waals surface area contributed by atoms with Crippen molar-refractivity contribution in [3.05, 3.63) is 12.2 Å². The SMILES string of the molecule is C=C(C)CN1CCC(NC(=NC)NCCN(CCC)C(=O)OC(C)(C)C)CC1.I. The van der Waals surface area contributed by atoms with Crippen molar-refractivity contribution in [2.24, 2.45) is 4.99 Å². The average Bonchev–Trinajstić information content (AvgIpc) is 2.59. The van der Waals surface area contributed by atoms with E-state index in [1.165, 1.54) is 5.57 Å². The molecule has 0 radical (unpaired) electrons. The van der Waals surface area contributed by atoms with Gasteiger partial charge in [0.1, 0.15) is 5.60 Å². The first kappa shape index (κ1) is 28.0. The summed E-state index contributed by atoms with van der Waals surface area (Å²) in [6.45, 7) is 18.8. The zero-order valence-electron chi connectivity index (χ0n) is 19.2. The molecule has 1 rings (SSSR count). The van der Waals surface area contributed by atoms with Gasteiger partial charge in [0.2, 0.25) is 0 Å². The molecule has 0 saturated carbocycles. The van der Waals surface area contributed by atoms with Gasteiger partial charge in [0.05, 0.1) is 0 Å². The van der Waals surface area contributed by atoms with E-state index in [1.54, 1.807) is 11.9 Å². The lowest BCUT2D eigenvalue weighted by Crippen LogP contribution is -2.50. The number of carbonyl (C=O) groups excluding carboxylic acids is 1. The van der Waals surface area contributed by atoms with Crippen LogP contribution in [0.4, 0.5) is 4.79 Å². The van der Waals surface area contributed by atoms with Gasteiger partial charge >= 0.3 is 6.09 Å². The Morgan fingerprint density at radius 3 is 2.38 bits per heavy atom. The van der Waals surface area contributed by atoms with Crippen molar-refractivity contribution >= 4 is 36.0 Å². The Kier molecular flexibility index (Phi) is 13.6. The van der Waals surface area contributed by atoms with Crippen molar-refractivity contribution in [2.45, 2.75) is 65.5 Å². The lowest BCUT2D eigenvalue weighted by molar-refractivity contribution is 0.0253. The Morgan fingerprint density at radius 1 is 1.28 bits per heavy atom. The quantitative estimate of drug-likeness (QED) is 0.221. The van der Waals surface area contributed by atoms with Gasteiger partial charge in [-0.25, -0.2) is 4.79 Å². The summed E-state index contributed by atoms with van der Waals surface area (Å²) in [7, 11) is 1.78. The van der Waals surface area contributed by atoms with Crippen LogP contribution in [0.5, 0.6) is 0 Å². The van der Waals surface area contributed by atoms with Crippen LogP contribution in [-0.2, 0) is 4.74 Å². The molecule has 8 heteroatoms. The van der Waals surface area contributed by atoms with Crippen LogP contribution in [0, 0.1) is 0 Å². The fourth-order valence-electron chi connectivity index (χ4n) is 3.21. The monoisotopic (exact) mass is 523 g/mol. The third-order valence-corrected chi connectivity index (χ3v) is 4.46. The normalized spacial score (nSPS) is 16.0. The Bertz CT molecular complexity index is 526. The van der Waals surface area contributed by atoms with Crippen LogP contribution in [0.15, 0.2) is 17.1 Å². The highest BCUT2D eigenvalue weighted by molar-refractivity contribution is 14.0. The smallest absolute Gasteiger partial charge is 0.410 e. The largest absolute Gasteiger partial charge is 0.444 e. The predicted molar refractivity (Wildman–Crippen MR) is 132 cm³/mol. The van der Waals surface area contributed by atoms with E-state index < -0.39 is 5.60 Å². The molecule has 0 unspecified atom stereocenters. The van der Waals surface area contributed by atoms with Gasteiger partial charge in [-0.05, 0) is 47.0 Å². The molecule has 29 heavy (non-hydrogen) atoms. The number of nitrogens with one attached hydrogen (secondary N) is 2. The molecule has 1 aliphatic heterocycles. The van der Waals surface area contributed by atoms with E-state index in [0.717, 1.165) is 44.9 Å². The molecular weight excluding hydrogens is 481 g/mol. The highest BCUT2D eigenvalue weighted by Gasteiger charge is 2.22. The first-order valence-corrected chi connectivity index (χ1v) is 10.5. The third kappa shape index (κ3) is 12.3. The van der Waals surface area contributed by atoms with Crippen molar-refractivity contribution in [2.75, 3.05) is 46.3 Å². The molecule has 1 heterocycles. The lowest BCUT2D eigenvalue weighted by Gasteiger charge is -2.33. The van der Waals surface area contributed by atoms with E-state index in [9.17, 15) is 4.79 Å². The molecule has 1 amide bonds. The van der Waals surface area contributed by atoms with E-state index in [2.05, 4.69) is 41.0 Å². The molecule has 1 saturated heterocycles. The van der Waals surface area contributed by atoms with Gasteiger partial charge in [-0.15, -0.1) is 24.0 Å². The Morgan fingerprint density at radius 2 is 1.90 bits per heavy atom. The highest BCUT2D eigenvalue weighted by Crippen LogP contribution is 2.12. The zero-order valence-corrected chi connectivity index (χ0v) is 21.5. The Hall–Kier alpha value is -1.03. The van der Waals surface area contributed by atoms with Crippen LogP contribution in [0.1, 0.15) is 53.9 Å². The van der Waals surface area contributed by atoms with Gasteiger partial charge in [-0.3, -0.25) is 9.89 Å². The van der Waals surface area contributed by atoms with Crippen LogP contribution in [0.25, 0.3) is 0 Å². The van der Waals surface area contributed by atoms with Crippen LogP contribution < -0.4 is 10.6 Å². The fraction of sp³-hybridized carbons (Fsp3) is 0.810. The summed E-state index contributed by atoms with van der Waals surface area (Å²) in [6, 6.07) is 0.421. The highest BCUT2D eigenvalue weighted by atomic mass is 127.